The number of carbonyl (C=O) groups is 15. The summed E-state index contributed by atoms with van der Waals surface area (Å²) in [6.45, 7) is 2.72. The van der Waals surface area contributed by atoms with Gasteiger partial charge in [-0.05, 0) is 75.9 Å². The Hall–Kier alpha value is -15.4. The number of rotatable bonds is 37. The number of amides is 15. The summed E-state index contributed by atoms with van der Waals surface area (Å²) in [5.74, 6) is -7.60. The highest BCUT2D eigenvalue weighted by Gasteiger charge is 2.26. The summed E-state index contributed by atoms with van der Waals surface area (Å²) >= 11 is 0. The van der Waals surface area contributed by atoms with E-state index >= 15 is 0 Å². The fourth-order valence-electron chi connectivity index (χ4n) is 12.6. The SMILES string of the molecule is CC(=O)Nc1cc(C(=O)Nc2cc(C(=O)NCCC(=O)Nc3cc(C(=O)Nc4cn(C)c(C(=O)Nc5cc(C(=O)NCCCC(=O)Nc6cc(C(=O)Nc7cc(C(=O)Nc8cc(C(=O)NCCC(=O)Nc9cn(C)c(C(=O)Nc%10cn(C)c(C(=O)NCCC(=O)NCCCN(C)C)n%10)n9)n(C)c8)n(C)c7)n(C)c6)n(C)c5)n4)n(C)c3)n(C)c2)n(C)c1. The lowest BCUT2D eigenvalue weighted by Crippen LogP contribution is -2.32. The quantitative estimate of drug-likeness (QED) is 0.0249. The summed E-state index contributed by atoms with van der Waals surface area (Å²) in [6.07, 6.45) is 15.8. The van der Waals surface area contributed by atoms with Crippen molar-refractivity contribution < 1.29 is 71.9 Å². The molecule has 0 bridgehead atoms. The lowest BCUT2D eigenvalue weighted by Gasteiger charge is -2.10. The highest BCUT2D eigenvalue weighted by Crippen LogP contribution is 2.24. The minimum atomic E-state index is -0.685. The van der Waals surface area contributed by atoms with Gasteiger partial charge in [-0.15, -0.1) is 0 Å². The first-order valence-electron chi connectivity index (χ1n) is 37.8. The highest BCUT2D eigenvalue weighted by atomic mass is 16.2. The molecule has 0 fully saturated rings. The van der Waals surface area contributed by atoms with Crippen molar-refractivity contribution in [2.45, 2.75) is 45.4 Å². The lowest BCUT2D eigenvalue weighted by molar-refractivity contribution is -0.121. The number of aryl methyl sites for hydroxylation is 10. The maximum atomic E-state index is 13.6. The number of anilines is 10. The standard InChI is InChI=1S/C77H95N29O15/c1-43(107)83-44-26-54(100(7)33-44)71(115)86-47-29-52(97(4)36-47)69(113)80-23-18-63(110)85-46-28-57(102(9)35-46)74(118)94-59-41-106(13)66(93-59)76(120)89-50-31-51(99(6)39-50)68(112)79-20-14-16-62(109)84-45-27-55(101(8)34-45)72(116)88-49-32-56(103(10)38-49)73(117)87-48-30-53(98(5)37-48)70(114)81-24-19-64(111)90-58-40-105(12)67(91-58)77(121)95-60-42-104(11)65(92-60)75(119)82-22-17-61(108)78-21-15-25-96(2)3/h26-42H,14-25H2,1-13H3,(H,78,108)(H,79,112)(H,80,113)(H,81,114)(H,82,119)(H,83,107)(H,84,109)(H,85,110)(H,86,115)(H,87,117)(H,88,116)(H,89,120)(H,90,111)(H,94,118)(H,95,121). The third-order valence-corrected chi connectivity index (χ3v) is 18.5. The van der Waals surface area contributed by atoms with Crippen LogP contribution in [0.15, 0.2) is 104 Å². The minimum absolute atomic E-state index is 0.0102. The number of hydrogen-bond acceptors (Lipinski definition) is 19. The van der Waals surface area contributed by atoms with Gasteiger partial charge >= 0.3 is 0 Å². The fraction of sp³-hybridized carbons (Fsp3) is 0.325. The Bertz CT molecular complexity index is 5680. The summed E-state index contributed by atoms with van der Waals surface area (Å²) in [7, 11) is 19.8. The van der Waals surface area contributed by atoms with Crippen LogP contribution in [-0.2, 0) is 94.4 Å². The van der Waals surface area contributed by atoms with Crippen LogP contribution in [-0.4, -0.2) is 207 Å². The average molecular weight is 1670 g/mol. The van der Waals surface area contributed by atoms with Gasteiger partial charge in [0.05, 0.1) is 39.8 Å². The van der Waals surface area contributed by atoms with Gasteiger partial charge in [0.15, 0.2) is 17.5 Å². The van der Waals surface area contributed by atoms with Gasteiger partial charge in [-0.2, -0.15) is 0 Å². The summed E-state index contributed by atoms with van der Waals surface area (Å²) in [6, 6.07) is 10.2. The van der Waals surface area contributed by atoms with E-state index in [4.69, 9.17) is 0 Å². The minimum Gasteiger partial charge on any atom is -0.356 e. The van der Waals surface area contributed by atoms with Gasteiger partial charge in [-0.1, -0.05) is 0 Å². The Labute approximate surface area is 691 Å². The van der Waals surface area contributed by atoms with Gasteiger partial charge in [0.25, 0.3) is 59.1 Å². The van der Waals surface area contributed by atoms with Crippen molar-refractivity contribution in [1.29, 1.82) is 0 Å². The van der Waals surface area contributed by atoms with Crippen LogP contribution in [0.5, 0.6) is 0 Å². The smallest absolute Gasteiger partial charge is 0.292 e. The monoisotopic (exact) mass is 1670 g/mol. The maximum Gasteiger partial charge on any atom is 0.292 e. The van der Waals surface area contributed by atoms with E-state index in [0.29, 0.717) is 23.6 Å². The Morgan fingerprint density at radius 3 is 0.901 bits per heavy atom. The third kappa shape index (κ3) is 23.5. The van der Waals surface area contributed by atoms with Gasteiger partial charge in [-0.3, -0.25) is 71.9 Å². The van der Waals surface area contributed by atoms with Crippen LogP contribution >= 0.6 is 0 Å². The molecule has 638 valence electrons. The molecule has 10 aromatic heterocycles. The molecule has 44 heteroatoms. The Morgan fingerprint density at radius 2 is 0.529 bits per heavy atom. The Kier molecular flexibility index (Phi) is 28.4. The third-order valence-electron chi connectivity index (χ3n) is 18.5. The molecule has 121 heavy (non-hydrogen) atoms. The second-order valence-corrected chi connectivity index (χ2v) is 28.7. The molecule has 0 saturated heterocycles. The molecular formula is C77H95N29O15. The molecule has 0 spiro atoms. The van der Waals surface area contributed by atoms with Crippen LogP contribution in [0.3, 0.4) is 0 Å². The number of aromatic nitrogens is 13. The molecule has 44 nitrogen and oxygen atoms in total. The van der Waals surface area contributed by atoms with E-state index in [9.17, 15) is 71.9 Å². The first kappa shape index (κ1) is 88.0. The molecule has 0 aliphatic carbocycles. The second kappa shape index (κ2) is 39.0. The van der Waals surface area contributed by atoms with Crippen LogP contribution in [0.1, 0.15) is 151 Å². The molecule has 0 atom stereocenters. The molecule has 0 aromatic carbocycles. The molecule has 0 saturated carbocycles. The number of nitrogens with one attached hydrogen (secondary N) is 15. The van der Waals surface area contributed by atoms with E-state index in [-0.39, 0.29) is 168 Å². The zero-order chi connectivity index (χ0) is 87.8. The van der Waals surface area contributed by atoms with E-state index in [1.54, 1.807) is 86.6 Å². The van der Waals surface area contributed by atoms with Gasteiger partial charge in [0.1, 0.15) is 39.9 Å². The van der Waals surface area contributed by atoms with Crippen molar-refractivity contribution in [2.75, 3.05) is 107 Å². The molecule has 10 aromatic rings. The summed E-state index contributed by atoms with van der Waals surface area (Å²) < 4.78 is 14.7. The van der Waals surface area contributed by atoms with Gasteiger partial charge in [0, 0.05) is 198 Å². The number of carbonyl (C=O) groups excluding carboxylic acids is 15. The van der Waals surface area contributed by atoms with Crippen molar-refractivity contribution in [3.63, 3.8) is 0 Å². The van der Waals surface area contributed by atoms with Crippen molar-refractivity contribution in [3.8, 4) is 0 Å². The number of nitrogens with zero attached hydrogens (tertiary/aromatic N) is 14. The first-order chi connectivity index (χ1) is 57.4. The topological polar surface area (TPSA) is 528 Å². The zero-order valence-corrected chi connectivity index (χ0v) is 68.7. The van der Waals surface area contributed by atoms with Gasteiger partial charge in [-0.25, -0.2) is 15.0 Å². The predicted octanol–water partition coefficient (Wildman–Crippen LogP) is 2.58. The number of imidazole rings is 3. The van der Waals surface area contributed by atoms with E-state index in [1.165, 1.54) is 141 Å². The van der Waals surface area contributed by atoms with Crippen molar-refractivity contribution in [1.82, 2.24) is 92.1 Å². The first-order valence-corrected chi connectivity index (χ1v) is 37.8. The van der Waals surface area contributed by atoms with Crippen LogP contribution < -0.4 is 79.8 Å². The van der Waals surface area contributed by atoms with Crippen molar-refractivity contribution in [2.24, 2.45) is 70.5 Å². The summed E-state index contributed by atoms with van der Waals surface area (Å²) in [4.78, 5) is 210. The normalized spacial score (nSPS) is 11.0. The molecule has 0 unspecified atom stereocenters. The predicted molar refractivity (Wildman–Crippen MR) is 444 cm³/mol. The Balaban J connectivity index is 0.598. The van der Waals surface area contributed by atoms with Crippen LogP contribution in [0, 0.1) is 0 Å². The molecule has 0 radical (unpaired) electrons. The van der Waals surface area contributed by atoms with Crippen molar-refractivity contribution >= 4 is 146 Å². The average Bonchev–Trinajstić information content (AvgIpc) is 1.69. The highest BCUT2D eigenvalue weighted by molar-refractivity contribution is 6.10. The molecule has 0 aliphatic rings. The molecule has 15 amide bonds. The lowest BCUT2D eigenvalue weighted by atomic mass is 10.2. The fourth-order valence-corrected chi connectivity index (χ4v) is 12.6. The van der Waals surface area contributed by atoms with E-state index in [2.05, 4.69) is 94.7 Å². The van der Waals surface area contributed by atoms with Gasteiger partial charge in [0.2, 0.25) is 47.0 Å². The molecular weight excluding hydrogens is 1570 g/mol. The van der Waals surface area contributed by atoms with E-state index in [0.717, 1.165) is 13.0 Å². The molecule has 10 heterocycles. The molecule has 0 aliphatic heterocycles. The second-order valence-electron chi connectivity index (χ2n) is 28.7. The van der Waals surface area contributed by atoms with Gasteiger partial charge < -0.3 is 130 Å². The van der Waals surface area contributed by atoms with Crippen LogP contribution in [0.4, 0.5) is 57.3 Å². The Morgan fingerprint density at radius 1 is 0.264 bits per heavy atom. The van der Waals surface area contributed by atoms with E-state index in [1.807, 2.05) is 19.0 Å². The molecule has 15 N–H and O–H groups in total. The molecule has 10 rings (SSSR count). The number of hydrogen-bond donors (Lipinski definition) is 15. The zero-order valence-electron chi connectivity index (χ0n) is 68.7. The van der Waals surface area contributed by atoms with Crippen molar-refractivity contribution in [3.05, 3.63) is 162 Å². The van der Waals surface area contributed by atoms with Crippen LogP contribution in [0.25, 0.3) is 0 Å². The summed E-state index contributed by atoms with van der Waals surface area (Å²) in [5, 5.41) is 40.5. The maximum absolute atomic E-state index is 13.6. The summed E-state index contributed by atoms with van der Waals surface area (Å²) in [5.41, 5.74) is 3.44. The van der Waals surface area contributed by atoms with E-state index < -0.39 is 76.8 Å². The largest absolute Gasteiger partial charge is 0.356 e. The van der Waals surface area contributed by atoms with Crippen LogP contribution in [0.2, 0.25) is 0 Å².